The number of hydrogen-bond acceptors (Lipinski definition) is 4. The minimum absolute atomic E-state index is 0.0137. The van der Waals surface area contributed by atoms with Crippen LogP contribution in [-0.2, 0) is 0 Å². The molecule has 2 N–H and O–H groups in total. The van der Waals surface area contributed by atoms with E-state index >= 15 is 0 Å². The van der Waals surface area contributed by atoms with Gasteiger partial charge in [0.25, 0.3) is 5.91 Å². The molecule has 0 heterocycles. The van der Waals surface area contributed by atoms with Gasteiger partial charge in [0.2, 0.25) is 0 Å². The highest BCUT2D eigenvalue weighted by Gasteiger charge is 2.15. The Labute approximate surface area is 170 Å². The molecule has 0 fully saturated rings. The molecule has 0 saturated heterocycles. The molecule has 0 spiro atoms. The predicted molar refractivity (Wildman–Crippen MR) is 116 cm³/mol. The zero-order valence-corrected chi connectivity index (χ0v) is 17.5. The molecule has 0 aliphatic carbocycles. The van der Waals surface area contributed by atoms with Crippen LogP contribution in [0.4, 0.5) is 5.69 Å². The third kappa shape index (κ3) is 5.94. The smallest absolute Gasteiger partial charge is 0.255 e. The normalized spacial score (nSPS) is 13.2. The summed E-state index contributed by atoms with van der Waals surface area (Å²) in [7, 11) is 1.56. The second-order valence-electron chi connectivity index (χ2n) is 6.13. The fraction of sp³-hybridized carbons (Fsp3) is 0.286. The Kier molecular flexibility index (Phi) is 8.07. The number of methoxy groups -OCH3 is 1. The van der Waals surface area contributed by atoms with Crippen molar-refractivity contribution in [2.45, 2.75) is 25.9 Å². The van der Waals surface area contributed by atoms with E-state index in [1.54, 1.807) is 24.9 Å². The number of nitrogens with one attached hydrogen (secondary N) is 2. The number of amides is 1. The number of carbonyl (C=O) groups is 1. The van der Waals surface area contributed by atoms with Gasteiger partial charge in [-0.25, -0.2) is 0 Å². The first kappa shape index (κ1) is 21.2. The lowest BCUT2D eigenvalue weighted by Gasteiger charge is -2.19. The fourth-order valence-electron chi connectivity index (χ4n) is 2.65. The molecule has 2 atom stereocenters. The number of rotatable bonds is 8. The van der Waals surface area contributed by atoms with Crippen LogP contribution in [0.3, 0.4) is 0 Å². The molecule has 27 heavy (non-hydrogen) atoms. The van der Waals surface area contributed by atoms with Gasteiger partial charge in [0.1, 0.15) is 5.75 Å². The maximum absolute atomic E-state index is 12.5. The first-order valence-corrected chi connectivity index (χ1v) is 10.3. The molecule has 1 amide bonds. The summed E-state index contributed by atoms with van der Waals surface area (Å²) in [5, 5.41) is 9.01. The first-order chi connectivity index (χ1) is 13.0. The summed E-state index contributed by atoms with van der Waals surface area (Å²) in [6, 6.07) is 13.1. The first-order valence-electron chi connectivity index (χ1n) is 8.65. The number of ether oxygens (including phenoxy) is 1. The monoisotopic (exact) mass is 404 g/mol. The number of anilines is 1. The van der Waals surface area contributed by atoms with E-state index in [9.17, 15) is 4.79 Å². The van der Waals surface area contributed by atoms with Crippen molar-refractivity contribution in [3.8, 4) is 5.75 Å². The third-order valence-corrected chi connectivity index (χ3v) is 4.84. The molecule has 6 heteroatoms. The summed E-state index contributed by atoms with van der Waals surface area (Å²) in [6.07, 6.45) is 3.92. The topological polar surface area (TPSA) is 50.4 Å². The summed E-state index contributed by atoms with van der Waals surface area (Å²) >= 11 is 7.86. The van der Waals surface area contributed by atoms with Crippen LogP contribution < -0.4 is 15.4 Å². The summed E-state index contributed by atoms with van der Waals surface area (Å²) < 4.78 is 5.43. The molecule has 4 nitrogen and oxygen atoms in total. The van der Waals surface area contributed by atoms with Crippen LogP contribution in [0.15, 0.2) is 53.9 Å². The quantitative estimate of drug-likeness (QED) is 0.608. The van der Waals surface area contributed by atoms with Crippen molar-refractivity contribution in [3.63, 3.8) is 0 Å². The molecule has 144 valence electrons. The highest BCUT2D eigenvalue weighted by molar-refractivity contribution is 8.01. The van der Waals surface area contributed by atoms with Gasteiger partial charge in [0.05, 0.1) is 12.7 Å². The third-order valence-electron chi connectivity index (χ3n) is 4.06. The molecule has 0 bridgehead atoms. The van der Waals surface area contributed by atoms with E-state index < -0.39 is 0 Å². The summed E-state index contributed by atoms with van der Waals surface area (Å²) in [5.41, 5.74) is 2.36. The lowest BCUT2D eigenvalue weighted by Crippen LogP contribution is -2.31. The maximum Gasteiger partial charge on any atom is 0.255 e. The fourth-order valence-corrected chi connectivity index (χ4v) is 3.34. The van der Waals surface area contributed by atoms with Crippen LogP contribution in [-0.4, -0.2) is 25.3 Å². The van der Waals surface area contributed by atoms with Crippen molar-refractivity contribution in [1.29, 1.82) is 0 Å². The van der Waals surface area contributed by atoms with Gasteiger partial charge in [0.15, 0.2) is 0 Å². The van der Waals surface area contributed by atoms with Crippen LogP contribution in [0.5, 0.6) is 5.75 Å². The van der Waals surface area contributed by atoms with Gasteiger partial charge in [-0.3, -0.25) is 4.79 Å². The van der Waals surface area contributed by atoms with Gasteiger partial charge >= 0.3 is 0 Å². The minimum atomic E-state index is -0.171. The Morgan fingerprint density at radius 1 is 1.22 bits per heavy atom. The molecule has 0 aliphatic heterocycles. The minimum Gasteiger partial charge on any atom is -0.496 e. The van der Waals surface area contributed by atoms with Crippen molar-refractivity contribution in [3.05, 3.63) is 70.1 Å². The molecular weight excluding hydrogens is 380 g/mol. The Morgan fingerprint density at radius 2 is 1.96 bits per heavy atom. The Morgan fingerprint density at radius 3 is 2.63 bits per heavy atom. The molecule has 0 aliphatic rings. The molecule has 2 aromatic rings. The molecule has 0 saturated carbocycles. The zero-order chi connectivity index (χ0) is 19.8. The number of benzene rings is 2. The molecule has 0 unspecified atom stereocenters. The second-order valence-corrected chi connectivity index (χ2v) is 7.28. The highest BCUT2D eigenvalue weighted by atomic mass is 35.5. The average molecular weight is 405 g/mol. The van der Waals surface area contributed by atoms with E-state index in [4.69, 9.17) is 16.3 Å². The van der Waals surface area contributed by atoms with E-state index in [0.29, 0.717) is 16.3 Å². The van der Waals surface area contributed by atoms with Crippen molar-refractivity contribution in [2.24, 2.45) is 0 Å². The van der Waals surface area contributed by atoms with Gasteiger partial charge < -0.3 is 15.4 Å². The summed E-state index contributed by atoms with van der Waals surface area (Å²) in [5.74, 6) is 0.348. The molecule has 0 aromatic heterocycles. The van der Waals surface area contributed by atoms with E-state index in [2.05, 4.69) is 10.6 Å². The Hall–Kier alpha value is -2.11. The van der Waals surface area contributed by atoms with Crippen molar-refractivity contribution in [1.82, 2.24) is 5.32 Å². The predicted octanol–water partition coefficient (Wildman–Crippen LogP) is 5.52. The number of thioether (sulfide) groups is 1. The largest absolute Gasteiger partial charge is 0.496 e. The number of halogens is 1. The summed E-state index contributed by atoms with van der Waals surface area (Å²) in [6.45, 7) is 3.96. The lowest BCUT2D eigenvalue weighted by atomic mass is 10.1. The average Bonchev–Trinajstić information content (AvgIpc) is 2.66. The molecule has 0 radical (unpaired) electrons. The van der Waals surface area contributed by atoms with E-state index in [1.807, 2.05) is 68.0 Å². The summed E-state index contributed by atoms with van der Waals surface area (Å²) in [4.78, 5) is 12.5. The van der Waals surface area contributed by atoms with Gasteiger partial charge in [-0.05, 0) is 49.3 Å². The molecule has 2 rings (SSSR count). The van der Waals surface area contributed by atoms with Gasteiger partial charge in [-0.1, -0.05) is 35.9 Å². The Bertz CT molecular complexity index is 811. The van der Waals surface area contributed by atoms with Gasteiger partial charge in [0, 0.05) is 28.9 Å². The van der Waals surface area contributed by atoms with Crippen LogP contribution in [0.1, 0.15) is 35.8 Å². The van der Waals surface area contributed by atoms with Crippen LogP contribution in [0, 0.1) is 0 Å². The van der Waals surface area contributed by atoms with Gasteiger partial charge in [-0.15, -0.1) is 11.8 Å². The molecular formula is C21H25ClN2O2S. The maximum atomic E-state index is 12.5. The van der Waals surface area contributed by atoms with Crippen LogP contribution in [0.2, 0.25) is 5.02 Å². The lowest BCUT2D eigenvalue weighted by molar-refractivity contribution is 0.0944. The highest BCUT2D eigenvalue weighted by Crippen LogP contribution is 2.29. The van der Waals surface area contributed by atoms with E-state index in [-0.39, 0.29) is 18.0 Å². The van der Waals surface area contributed by atoms with Crippen LogP contribution in [0.25, 0.3) is 0 Å². The number of carbonyl (C=O) groups excluding carboxylic acids is 1. The van der Waals surface area contributed by atoms with Crippen molar-refractivity contribution < 1.29 is 9.53 Å². The SMILES string of the molecule is COc1cc(N[C@@H](C)c2ccccc2Cl)ccc1C(=O)N[C@H](C)/C=C/SC. The standard InChI is InChI=1S/C21H25ClN2O2S/c1-14(11-12-27-4)23-21(25)18-10-9-16(13-20(18)26-3)24-15(2)17-7-5-6-8-19(17)22/h5-15,24H,1-4H3,(H,23,25)/b12-11+/t14-,15+/m1/s1. The van der Waals surface area contributed by atoms with Crippen molar-refractivity contribution in [2.75, 3.05) is 18.7 Å². The number of hydrogen-bond donors (Lipinski definition) is 2. The Balaban J connectivity index is 2.14. The van der Waals surface area contributed by atoms with E-state index in [0.717, 1.165) is 11.3 Å². The van der Waals surface area contributed by atoms with Crippen molar-refractivity contribution >= 4 is 35.0 Å². The second kappa shape index (κ2) is 10.3. The molecule has 2 aromatic carbocycles. The van der Waals surface area contributed by atoms with Crippen LogP contribution >= 0.6 is 23.4 Å². The zero-order valence-electron chi connectivity index (χ0n) is 16.0. The van der Waals surface area contributed by atoms with Gasteiger partial charge in [-0.2, -0.15) is 0 Å². The van der Waals surface area contributed by atoms with E-state index in [1.165, 1.54) is 0 Å².